The first-order chi connectivity index (χ1) is 9.56. The van der Waals surface area contributed by atoms with Crippen LogP contribution in [0.15, 0.2) is 48.5 Å². The number of carbonyl (C=O) groups is 2. The Morgan fingerprint density at radius 3 is 2.35 bits per heavy atom. The molecule has 2 rings (SSSR count). The highest BCUT2D eigenvalue weighted by molar-refractivity contribution is 6.30. The van der Waals surface area contributed by atoms with Gasteiger partial charge in [0.1, 0.15) is 0 Å². The van der Waals surface area contributed by atoms with Gasteiger partial charge in [0.2, 0.25) is 0 Å². The number of aliphatic carboxylic acids is 1. The maximum Gasteiger partial charge on any atom is 0.307 e. The normalized spacial score (nSPS) is 10.1. The van der Waals surface area contributed by atoms with Crippen LogP contribution >= 0.6 is 11.6 Å². The van der Waals surface area contributed by atoms with Crippen molar-refractivity contribution in [2.45, 2.75) is 6.42 Å². The van der Waals surface area contributed by atoms with Gasteiger partial charge < -0.3 is 10.4 Å². The van der Waals surface area contributed by atoms with Crippen molar-refractivity contribution in [1.82, 2.24) is 0 Å². The van der Waals surface area contributed by atoms with Gasteiger partial charge in [0.25, 0.3) is 5.91 Å². The molecular weight excluding hydrogens is 278 g/mol. The van der Waals surface area contributed by atoms with Crippen molar-refractivity contribution in [2.75, 3.05) is 5.32 Å². The van der Waals surface area contributed by atoms with Gasteiger partial charge in [0.05, 0.1) is 6.42 Å². The summed E-state index contributed by atoms with van der Waals surface area (Å²) in [5, 5.41) is 12.1. The average Bonchev–Trinajstić information content (AvgIpc) is 2.41. The number of halogens is 1. The third-order valence-electron chi connectivity index (χ3n) is 2.71. The zero-order valence-corrected chi connectivity index (χ0v) is 11.2. The van der Waals surface area contributed by atoms with Gasteiger partial charge in [-0.15, -0.1) is 0 Å². The number of benzene rings is 2. The van der Waals surface area contributed by atoms with E-state index < -0.39 is 5.97 Å². The number of carboxylic acid groups (broad SMARTS) is 1. The lowest BCUT2D eigenvalue weighted by molar-refractivity contribution is -0.136. The van der Waals surface area contributed by atoms with E-state index in [1.54, 1.807) is 48.5 Å². The minimum absolute atomic E-state index is 0.190. The molecule has 0 radical (unpaired) electrons. The maximum atomic E-state index is 12.2. The van der Waals surface area contributed by atoms with Gasteiger partial charge in [-0.2, -0.15) is 0 Å². The first-order valence-electron chi connectivity index (χ1n) is 5.93. The number of hydrogen-bond donors (Lipinski definition) is 2. The van der Waals surface area contributed by atoms with Crippen LogP contribution < -0.4 is 5.32 Å². The lowest BCUT2D eigenvalue weighted by atomic mass is 10.0. The van der Waals surface area contributed by atoms with E-state index >= 15 is 0 Å². The summed E-state index contributed by atoms with van der Waals surface area (Å²) in [5.41, 5.74) is 1.43. The van der Waals surface area contributed by atoms with E-state index in [9.17, 15) is 9.59 Å². The van der Waals surface area contributed by atoms with Gasteiger partial charge in [0, 0.05) is 16.3 Å². The molecular formula is C15H12ClNO3. The van der Waals surface area contributed by atoms with Crippen LogP contribution in [-0.2, 0) is 11.2 Å². The number of carbonyl (C=O) groups excluding carboxylic acids is 1. The smallest absolute Gasteiger partial charge is 0.307 e. The number of hydrogen-bond acceptors (Lipinski definition) is 2. The largest absolute Gasteiger partial charge is 0.481 e. The highest BCUT2D eigenvalue weighted by Crippen LogP contribution is 2.16. The second-order valence-corrected chi connectivity index (χ2v) is 4.63. The first-order valence-corrected chi connectivity index (χ1v) is 6.30. The summed E-state index contributed by atoms with van der Waals surface area (Å²) in [5.74, 6) is -1.32. The molecule has 20 heavy (non-hydrogen) atoms. The van der Waals surface area contributed by atoms with E-state index in [4.69, 9.17) is 16.7 Å². The summed E-state index contributed by atoms with van der Waals surface area (Å²) in [6.45, 7) is 0. The van der Waals surface area contributed by atoms with E-state index in [1.165, 1.54) is 0 Å². The van der Waals surface area contributed by atoms with E-state index in [0.717, 1.165) is 0 Å². The molecule has 0 aliphatic heterocycles. The zero-order valence-electron chi connectivity index (χ0n) is 10.5. The third kappa shape index (κ3) is 3.59. The van der Waals surface area contributed by atoms with Crippen molar-refractivity contribution in [3.63, 3.8) is 0 Å². The van der Waals surface area contributed by atoms with Gasteiger partial charge in [-0.25, -0.2) is 0 Å². The van der Waals surface area contributed by atoms with Crippen LogP contribution in [0.4, 0.5) is 5.69 Å². The summed E-state index contributed by atoms with van der Waals surface area (Å²) >= 11 is 5.77. The van der Waals surface area contributed by atoms with Gasteiger partial charge in [0.15, 0.2) is 0 Å². The lowest BCUT2D eigenvalue weighted by Gasteiger charge is -2.09. The number of anilines is 1. The molecule has 0 bridgehead atoms. The second-order valence-electron chi connectivity index (χ2n) is 4.19. The van der Waals surface area contributed by atoms with Gasteiger partial charge in [-0.1, -0.05) is 29.8 Å². The molecule has 4 nitrogen and oxygen atoms in total. The number of amides is 1. The Morgan fingerprint density at radius 1 is 1.05 bits per heavy atom. The molecule has 1 amide bonds. The minimum atomic E-state index is -0.975. The monoisotopic (exact) mass is 289 g/mol. The molecule has 0 atom stereocenters. The molecule has 0 aromatic heterocycles. The lowest BCUT2D eigenvalue weighted by Crippen LogP contribution is -2.15. The Labute approximate surface area is 121 Å². The molecule has 0 saturated carbocycles. The molecule has 0 fully saturated rings. The fourth-order valence-corrected chi connectivity index (χ4v) is 1.92. The van der Waals surface area contributed by atoms with Gasteiger partial charge in [-0.3, -0.25) is 9.59 Å². The van der Waals surface area contributed by atoms with Crippen molar-refractivity contribution < 1.29 is 14.7 Å². The van der Waals surface area contributed by atoms with Crippen LogP contribution in [0.3, 0.4) is 0 Å². The predicted molar refractivity (Wildman–Crippen MR) is 77.2 cm³/mol. The Balaban J connectivity index is 2.20. The van der Waals surface area contributed by atoms with Crippen LogP contribution in [0.25, 0.3) is 0 Å². The SMILES string of the molecule is O=C(O)Cc1ccccc1C(=O)Nc1ccc(Cl)cc1. The van der Waals surface area contributed by atoms with E-state index in [1.807, 2.05) is 0 Å². The topological polar surface area (TPSA) is 66.4 Å². The summed E-state index contributed by atoms with van der Waals surface area (Å²) < 4.78 is 0. The summed E-state index contributed by atoms with van der Waals surface area (Å²) in [6, 6.07) is 13.3. The molecule has 0 spiro atoms. The predicted octanol–water partition coefficient (Wildman–Crippen LogP) is 3.22. The van der Waals surface area contributed by atoms with Crippen LogP contribution in [0, 0.1) is 0 Å². The highest BCUT2D eigenvalue weighted by atomic mass is 35.5. The average molecular weight is 290 g/mol. The molecule has 0 heterocycles. The summed E-state index contributed by atoms with van der Waals surface area (Å²) in [4.78, 5) is 23.0. The van der Waals surface area contributed by atoms with Crippen molar-refractivity contribution in [2.24, 2.45) is 0 Å². The molecule has 0 saturated heterocycles. The second kappa shape index (κ2) is 6.21. The van der Waals surface area contributed by atoms with E-state index in [-0.39, 0.29) is 12.3 Å². The Bertz CT molecular complexity index is 638. The number of rotatable bonds is 4. The van der Waals surface area contributed by atoms with Gasteiger partial charge >= 0.3 is 5.97 Å². The Kier molecular flexibility index (Phi) is 4.38. The third-order valence-corrected chi connectivity index (χ3v) is 2.96. The van der Waals surface area contributed by atoms with Crippen molar-refractivity contribution >= 4 is 29.2 Å². The summed E-state index contributed by atoms with van der Waals surface area (Å²) in [7, 11) is 0. The van der Waals surface area contributed by atoms with Crippen LogP contribution in [0.5, 0.6) is 0 Å². The zero-order chi connectivity index (χ0) is 14.5. The molecule has 5 heteroatoms. The fraction of sp³-hybridized carbons (Fsp3) is 0.0667. The number of carboxylic acids is 1. The fourth-order valence-electron chi connectivity index (χ4n) is 1.79. The van der Waals surface area contributed by atoms with Crippen LogP contribution in [-0.4, -0.2) is 17.0 Å². The molecule has 2 aromatic carbocycles. The molecule has 2 N–H and O–H groups in total. The van der Waals surface area contributed by atoms with Crippen LogP contribution in [0.1, 0.15) is 15.9 Å². The van der Waals surface area contributed by atoms with Crippen molar-refractivity contribution in [3.8, 4) is 0 Å². The highest BCUT2D eigenvalue weighted by Gasteiger charge is 2.13. The first kappa shape index (κ1) is 14.1. The number of nitrogens with one attached hydrogen (secondary N) is 1. The van der Waals surface area contributed by atoms with E-state index in [0.29, 0.717) is 21.8 Å². The molecule has 0 aliphatic rings. The van der Waals surface area contributed by atoms with Gasteiger partial charge in [-0.05, 0) is 35.9 Å². The minimum Gasteiger partial charge on any atom is -0.481 e. The van der Waals surface area contributed by atoms with E-state index in [2.05, 4.69) is 5.32 Å². The Morgan fingerprint density at radius 2 is 1.70 bits per heavy atom. The Hall–Kier alpha value is -2.33. The molecule has 0 unspecified atom stereocenters. The van der Waals surface area contributed by atoms with Crippen molar-refractivity contribution in [3.05, 3.63) is 64.7 Å². The molecule has 102 valence electrons. The summed E-state index contributed by atoms with van der Waals surface area (Å²) in [6.07, 6.45) is -0.190. The van der Waals surface area contributed by atoms with Crippen molar-refractivity contribution in [1.29, 1.82) is 0 Å². The maximum absolute atomic E-state index is 12.2. The quantitative estimate of drug-likeness (QED) is 0.908. The molecule has 0 aliphatic carbocycles. The van der Waals surface area contributed by atoms with Crippen LogP contribution in [0.2, 0.25) is 5.02 Å². The molecule has 2 aromatic rings. The standard InChI is InChI=1S/C15H12ClNO3/c16-11-5-7-12(8-6-11)17-15(20)13-4-2-1-3-10(13)9-14(18)19/h1-8H,9H2,(H,17,20)(H,18,19).